The number of methoxy groups -OCH3 is 1. The molecule has 1 amide bonds. The summed E-state index contributed by atoms with van der Waals surface area (Å²) in [6.45, 7) is 3.91. The number of aliphatic carboxylic acids is 1. The van der Waals surface area contributed by atoms with Gasteiger partial charge in [0.25, 0.3) is 5.91 Å². The number of hydrogen-bond donors (Lipinski definition) is 2. The van der Waals surface area contributed by atoms with E-state index in [1.807, 2.05) is 38.1 Å². The Labute approximate surface area is 153 Å². The molecular formula is C19H25N3O4. The molecule has 140 valence electrons. The fraction of sp³-hybridized carbons (Fsp3) is 0.421. The number of unbranched alkanes of at least 4 members (excludes halogenated alkanes) is 1. The van der Waals surface area contributed by atoms with Crippen LogP contribution in [0.2, 0.25) is 0 Å². The standard InChI is InChI=1S/C19H25N3O4/c1-4-6-7-16(19(24)25)21-18(23)15-12-20-22(17(15)5-2)13-8-10-14(26-3)11-9-13/h8-12,16H,4-7H2,1-3H3,(H,21,23)(H,24,25)/t16-/m0/s1. The fourth-order valence-corrected chi connectivity index (χ4v) is 2.75. The van der Waals surface area contributed by atoms with E-state index in [1.54, 1.807) is 11.8 Å². The maximum absolute atomic E-state index is 12.6. The van der Waals surface area contributed by atoms with Gasteiger partial charge in [0.1, 0.15) is 11.8 Å². The minimum atomic E-state index is -1.02. The van der Waals surface area contributed by atoms with Crippen LogP contribution in [0.5, 0.6) is 5.75 Å². The van der Waals surface area contributed by atoms with Crippen LogP contribution in [-0.4, -0.2) is 39.9 Å². The maximum atomic E-state index is 12.6. The molecule has 2 aromatic rings. The molecule has 0 saturated carbocycles. The van der Waals surface area contributed by atoms with Crippen molar-refractivity contribution in [2.75, 3.05) is 7.11 Å². The zero-order chi connectivity index (χ0) is 19.1. The van der Waals surface area contributed by atoms with Crippen LogP contribution in [0.15, 0.2) is 30.5 Å². The van der Waals surface area contributed by atoms with Crippen LogP contribution in [-0.2, 0) is 11.2 Å². The van der Waals surface area contributed by atoms with Crippen LogP contribution in [0.4, 0.5) is 0 Å². The van der Waals surface area contributed by atoms with Crippen LogP contribution in [0, 0.1) is 0 Å². The molecular weight excluding hydrogens is 334 g/mol. The Morgan fingerprint density at radius 1 is 1.27 bits per heavy atom. The Morgan fingerprint density at radius 3 is 2.50 bits per heavy atom. The second kappa shape index (κ2) is 9.03. The van der Waals surface area contributed by atoms with E-state index in [2.05, 4.69) is 10.4 Å². The van der Waals surface area contributed by atoms with Crippen molar-refractivity contribution in [1.29, 1.82) is 0 Å². The minimum absolute atomic E-state index is 0.395. The first-order valence-electron chi connectivity index (χ1n) is 8.76. The van der Waals surface area contributed by atoms with Gasteiger partial charge in [-0.2, -0.15) is 5.10 Å². The molecule has 1 aromatic carbocycles. The number of carbonyl (C=O) groups is 2. The molecule has 0 aliphatic carbocycles. The van der Waals surface area contributed by atoms with Crippen molar-refractivity contribution in [3.63, 3.8) is 0 Å². The lowest BCUT2D eigenvalue weighted by Crippen LogP contribution is -2.41. The summed E-state index contributed by atoms with van der Waals surface area (Å²) in [5.74, 6) is -0.699. The van der Waals surface area contributed by atoms with Gasteiger partial charge in [-0.15, -0.1) is 0 Å². The van der Waals surface area contributed by atoms with Gasteiger partial charge in [-0.1, -0.05) is 26.7 Å². The smallest absolute Gasteiger partial charge is 0.326 e. The van der Waals surface area contributed by atoms with Crippen molar-refractivity contribution in [2.24, 2.45) is 0 Å². The van der Waals surface area contributed by atoms with Gasteiger partial charge in [0, 0.05) is 0 Å². The zero-order valence-electron chi connectivity index (χ0n) is 15.4. The van der Waals surface area contributed by atoms with Gasteiger partial charge in [-0.25, -0.2) is 9.48 Å². The minimum Gasteiger partial charge on any atom is -0.497 e. The Hall–Kier alpha value is -2.83. The first kappa shape index (κ1) is 19.5. The molecule has 0 fully saturated rings. The van der Waals surface area contributed by atoms with Crippen LogP contribution >= 0.6 is 0 Å². The summed E-state index contributed by atoms with van der Waals surface area (Å²) in [5, 5.41) is 16.2. The lowest BCUT2D eigenvalue weighted by Gasteiger charge is -2.14. The lowest BCUT2D eigenvalue weighted by molar-refractivity contribution is -0.139. The maximum Gasteiger partial charge on any atom is 0.326 e. The second-order valence-corrected chi connectivity index (χ2v) is 5.97. The molecule has 0 unspecified atom stereocenters. The van der Waals surface area contributed by atoms with E-state index in [-0.39, 0.29) is 0 Å². The van der Waals surface area contributed by atoms with Gasteiger partial charge in [0.2, 0.25) is 0 Å². The average molecular weight is 359 g/mol. The van der Waals surface area contributed by atoms with Gasteiger partial charge in [0.15, 0.2) is 0 Å². The molecule has 1 aromatic heterocycles. The van der Waals surface area contributed by atoms with Crippen molar-refractivity contribution in [3.05, 3.63) is 41.7 Å². The zero-order valence-corrected chi connectivity index (χ0v) is 15.4. The predicted octanol–water partition coefficient (Wildman–Crippen LogP) is 2.82. The summed E-state index contributed by atoms with van der Waals surface area (Å²) in [7, 11) is 1.60. The third kappa shape index (κ3) is 4.41. The van der Waals surface area contributed by atoms with Crippen LogP contribution < -0.4 is 10.1 Å². The lowest BCUT2D eigenvalue weighted by atomic mass is 10.1. The molecule has 1 heterocycles. The summed E-state index contributed by atoms with van der Waals surface area (Å²) >= 11 is 0. The normalized spacial score (nSPS) is 11.8. The monoisotopic (exact) mass is 359 g/mol. The number of hydrogen-bond acceptors (Lipinski definition) is 4. The van der Waals surface area contributed by atoms with E-state index in [0.717, 1.165) is 30.0 Å². The number of nitrogens with zero attached hydrogens (tertiary/aromatic N) is 2. The molecule has 7 nitrogen and oxygen atoms in total. The molecule has 0 radical (unpaired) electrons. The highest BCUT2D eigenvalue weighted by Gasteiger charge is 2.23. The Kier molecular flexibility index (Phi) is 6.77. The molecule has 1 atom stereocenters. The SMILES string of the molecule is CCCC[C@H](NC(=O)c1cnn(-c2ccc(OC)cc2)c1CC)C(=O)O. The second-order valence-electron chi connectivity index (χ2n) is 5.97. The molecule has 2 N–H and O–H groups in total. The summed E-state index contributed by atoms with van der Waals surface area (Å²) in [5.41, 5.74) is 1.93. The van der Waals surface area contributed by atoms with Crippen molar-refractivity contribution in [2.45, 2.75) is 45.6 Å². The number of nitrogens with one attached hydrogen (secondary N) is 1. The molecule has 0 aliphatic heterocycles. The molecule has 0 spiro atoms. The number of aromatic nitrogens is 2. The van der Waals surface area contributed by atoms with Crippen molar-refractivity contribution in [1.82, 2.24) is 15.1 Å². The Morgan fingerprint density at radius 2 is 1.96 bits per heavy atom. The van der Waals surface area contributed by atoms with E-state index >= 15 is 0 Å². The predicted molar refractivity (Wildman–Crippen MR) is 97.9 cm³/mol. The average Bonchev–Trinajstić information content (AvgIpc) is 3.08. The number of rotatable bonds is 9. The highest BCUT2D eigenvalue weighted by molar-refractivity contribution is 5.97. The first-order valence-corrected chi connectivity index (χ1v) is 8.76. The number of carboxylic acids is 1. The van der Waals surface area contributed by atoms with Gasteiger partial charge in [-0.3, -0.25) is 4.79 Å². The molecule has 0 aliphatic rings. The summed E-state index contributed by atoms with van der Waals surface area (Å²) in [4.78, 5) is 24.0. The molecule has 0 saturated heterocycles. The van der Waals surface area contributed by atoms with Gasteiger partial charge < -0.3 is 15.2 Å². The van der Waals surface area contributed by atoms with Crippen molar-refractivity contribution in [3.8, 4) is 11.4 Å². The first-order chi connectivity index (χ1) is 12.5. The van der Waals surface area contributed by atoms with E-state index in [9.17, 15) is 14.7 Å². The molecule has 2 rings (SSSR count). The number of ether oxygens (including phenoxy) is 1. The summed E-state index contributed by atoms with van der Waals surface area (Å²) < 4.78 is 6.84. The van der Waals surface area contributed by atoms with E-state index in [0.29, 0.717) is 18.4 Å². The quantitative estimate of drug-likeness (QED) is 0.718. The number of amides is 1. The number of carbonyl (C=O) groups excluding carboxylic acids is 1. The summed E-state index contributed by atoms with van der Waals surface area (Å²) in [6.07, 6.45) is 4.09. The largest absolute Gasteiger partial charge is 0.497 e. The number of benzene rings is 1. The van der Waals surface area contributed by atoms with Gasteiger partial charge >= 0.3 is 5.97 Å². The van der Waals surface area contributed by atoms with Crippen LogP contribution in [0.3, 0.4) is 0 Å². The fourth-order valence-electron chi connectivity index (χ4n) is 2.75. The van der Waals surface area contributed by atoms with E-state index in [4.69, 9.17) is 4.74 Å². The number of carboxylic acid groups (broad SMARTS) is 1. The highest BCUT2D eigenvalue weighted by atomic mass is 16.5. The van der Waals surface area contributed by atoms with Crippen molar-refractivity contribution >= 4 is 11.9 Å². The third-order valence-corrected chi connectivity index (χ3v) is 4.22. The van der Waals surface area contributed by atoms with Crippen LogP contribution in [0.1, 0.15) is 49.2 Å². The highest BCUT2D eigenvalue weighted by Crippen LogP contribution is 2.19. The molecule has 7 heteroatoms. The molecule has 0 bridgehead atoms. The third-order valence-electron chi connectivity index (χ3n) is 4.22. The Balaban J connectivity index is 2.25. The van der Waals surface area contributed by atoms with E-state index in [1.165, 1.54) is 6.20 Å². The topological polar surface area (TPSA) is 93.5 Å². The summed E-state index contributed by atoms with van der Waals surface area (Å²) in [6, 6.07) is 6.46. The van der Waals surface area contributed by atoms with Gasteiger partial charge in [0.05, 0.1) is 30.3 Å². The van der Waals surface area contributed by atoms with Gasteiger partial charge in [-0.05, 0) is 37.1 Å². The van der Waals surface area contributed by atoms with Crippen molar-refractivity contribution < 1.29 is 19.4 Å². The molecule has 26 heavy (non-hydrogen) atoms. The Bertz CT molecular complexity index is 753. The van der Waals surface area contributed by atoms with E-state index < -0.39 is 17.9 Å². The van der Waals surface area contributed by atoms with Crippen LogP contribution in [0.25, 0.3) is 5.69 Å².